The SMILES string of the molecule is C=CC1(C2CCCCC2)CCCCC1. The van der Waals surface area contributed by atoms with Crippen molar-refractivity contribution in [1.82, 2.24) is 0 Å². The van der Waals surface area contributed by atoms with Crippen LogP contribution in [-0.4, -0.2) is 0 Å². The van der Waals surface area contributed by atoms with E-state index in [4.69, 9.17) is 0 Å². The Morgan fingerprint density at radius 3 is 2.00 bits per heavy atom. The van der Waals surface area contributed by atoms with Crippen LogP contribution in [0.3, 0.4) is 0 Å². The molecule has 0 aromatic carbocycles. The molecular formula is C14H24. The van der Waals surface area contributed by atoms with Gasteiger partial charge in [0.1, 0.15) is 0 Å². The van der Waals surface area contributed by atoms with E-state index in [9.17, 15) is 0 Å². The van der Waals surface area contributed by atoms with Gasteiger partial charge < -0.3 is 0 Å². The van der Waals surface area contributed by atoms with Crippen molar-refractivity contribution in [3.63, 3.8) is 0 Å². The molecule has 2 aliphatic carbocycles. The molecular weight excluding hydrogens is 168 g/mol. The predicted molar refractivity (Wildman–Crippen MR) is 62.3 cm³/mol. The van der Waals surface area contributed by atoms with Crippen molar-refractivity contribution in [2.75, 3.05) is 0 Å². The van der Waals surface area contributed by atoms with Crippen LogP contribution in [0, 0.1) is 11.3 Å². The van der Waals surface area contributed by atoms with Gasteiger partial charge in [-0.25, -0.2) is 0 Å². The third-order valence-electron chi connectivity index (χ3n) is 4.61. The van der Waals surface area contributed by atoms with Gasteiger partial charge in [0.15, 0.2) is 0 Å². The van der Waals surface area contributed by atoms with E-state index in [0.29, 0.717) is 5.41 Å². The van der Waals surface area contributed by atoms with E-state index in [1.54, 1.807) is 0 Å². The van der Waals surface area contributed by atoms with E-state index in [1.165, 1.54) is 64.2 Å². The Labute approximate surface area is 88.8 Å². The zero-order valence-electron chi connectivity index (χ0n) is 9.43. The lowest BCUT2D eigenvalue weighted by Crippen LogP contribution is -2.32. The predicted octanol–water partition coefficient (Wildman–Crippen LogP) is 4.70. The molecule has 0 aromatic heterocycles. The van der Waals surface area contributed by atoms with Gasteiger partial charge in [0, 0.05) is 0 Å². The summed E-state index contributed by atoms with van der Waals surface area (Å²) in [6.45, 7) is 4.13. The summed E-state index contributed by atoms with van der Waals surface area (Å²) >= 11 is 0. The summed E-state index contributed by atoms with van der Waals surface area (Å²) in [5.74, 6) is 0.981. The monoisotopic (exact) mass is 192 g/mol. The Morgan fingerprint density at radius 1 is 0.857 bits per heavy atom. The first kappa shape index (κ1) is 10.3. The smallest absolute Gasteiger partial charge is 0.00927 e. The van der Waals surface area contributed by atoms with Crippen LogP contribution in [-0.2, 0) is 0 Å². The average Bonchev–Trinajstić information content (AvgIpc) is 2.31. The van der Waals surface area contributed by atoms with Crippen molar-refractivity contribution in [3.8, 4) is 0 Å². The first-order chi connectivity index (χ1) is 6.87. The van der Waals surface area contributed by atoms with Gasteiger partial charge in [-0.3, -0.25) is 0 Å². The Morgan fingerprint density at radius 2 is 1.43 bits per heavy atom. The van der Waals surface area contributed by atoms with E-state index < -0.39 is 0 Å². The number of rotatable bonds is 2. The van der Waals surface area contributed by atoms with Crippen LogP contribution in [0.5, 0.6) is 0 Å². The second kappa shape index (κ2) is 4.51. The highest BCUT2D eigenvalue weighted by atomic mass is 14.4. The van der Waals surface area contributed by atoms with Crippen LogP contribution in [0.4, 0.5) is 0 Å². The summed E-state index contributed by atoms with van der Waals surface area (Å²) in [6.07, 6.45) is 16.9. The molecule has 0 aliphatic heterocycles. The Kier molecular flexibility index (Phi) is 3.30. The largest absolute Gasteiger partial charge is 0.103 e. The van der Waals surface area contributed by atoms with Crippen LogP contribution >= 0.6 is 0 Å². The third kappa shape index (κ3) is 1.89. The van der Waals surface area contributed by atoms with Crippen LogP contribution in [0.15, 0.2) is 12.7 Å². The molecule has 2 fully saturated rings. The number of allylic oxidation sites excluding steroid dienone is 1. The summed E-state index contributed by atoms with van der Waals surface area (Å²) in [6, 6.07) is 0. The summed E-state index contributed by atoms with van der Waals surface area (Å²) in [5, 5.41) is 0. The number of hydrogen-bond donors (Lipinski definition) is 0. The molecule has 0 amide bonds. The van der Waals surface area contributed by atoms with E-state index in [-0.39, 0.29) is 0 Å². The summed E-state index contributed by atoms with van der Waals surface area (Å²) < 4.78 is 0. The van der Waals surface area contributed by atoms with Crippen molar-refractivity contribution < 1.29 is 0 Å². The quantitative estimate of drug-likeness (QED) is 0.556. The van der Waals surface area contributed by atoms with Crippen molar-refractivity contribution in [2.24, 2.45) is 11.3 Å². The third-order valence-corrected chi connectivity index (χ3v) is 4.61. The lowest BCUT2D eigenvalue weighted by atomic mass is 9.62. The molecule has 0 heteroatoms. The topological polar surface area (TPSA) is 0 Å². The molecule has 80 valence electrons. The van der Waals surface area contributed by atoms with Gasteiger partial charge in [-0.1, -0.05) is 44.6 Å². The molecule has 2 saturated carbocycles. The zero-order chi connectivity index (χ0) is 9.86. The minimum absolute atomic E-state index is 0.554. The molecule has 14 heavy (non-hydrogen) atoms. The van der Waals surface area contributed by atoms with Gasteiger partial charge >= 0.3 is 0 Å². The maximum absolute atomic E-state index is 4.13. The summed E-state index contributed by atoms with van der Waals surface area (Å²) in [4.78, 5) is 0. The van der Waals surface area contributed by atoms with Gasteiger partial charge in [-0.15, -0.1) is 6.58 Å². The van der Waals surface area contributed by atoms with E-state index >= 15 is 0 Å². The maximum atomic E-state index is 4.13. The van der Waals surface area contributed by atoms with E-state index in [2.05, 4.69) is 12.7 Å². The van der Waals surface area contributed by atoms with Crippen LogP contribution in [0.25, 0.3) is 0 Å². The zero-order valence-corrected chi connectivity index (χ0v) is 9.43. The van der Waals surface area contributed by atoms with Gasteiger partial charge in [0.05, 0.1) is 0 Å². The Hall–Kier alpha value is -0.260. The number of hydrogen-bond acceptors (Lipinski definition) is 0. The molecule has 0 saturated heterocycles. The molecule has 0 spiro atoms. The van der Waals surface area contributed by atoms with Gasteiger partial charge in [-0.2, -0.15) is 0 Å². The normalized spacial score (nSPS) is 28.6. The second-order valence-electron chi connectivity index (χ2n) is 5.33. The molecule has 2 rings (SSSR count). The molecule has 0 nitrogen and oxygen atoms in total. The minimum atomic E-state index is 0.554. The molecule has 0 radical (unpaired) electrons. The van der Waals surface area contributed by atoms with Gasteiger partial charge in [0.2, 0.25) is 0 Å². The van der Waals surface area contributed by atoms with E-state index in [1.807, 2.05) is 0 Å². The fourth-order valence-electron chi connectivity index (χ4n) is 3.67. The molecule has 2 aliphatic rings. The standard InChI is InChI=1S/C14H24/c1-2-14(11-7-4-8-12-14)13-9-5-3-6-10-13/h2,13H,1,3-12H2. The fourth-order valence-corrected chi connectivity index (χ4v) is 3.67. The molecule has 0 atom stereocenters. The first-order valence-corrected chi connectivity index (χ1v) is 6.51. The summed E-state index contributed by atoms with van der Waals surface area (Å²) in [7, 11) is 0. The van der Waals surface area contributed by atoms with Gasteiger partial charge in [-0.05, 0) is 37.0 Å². The van der Waals surface area contributed by atoms with Crippen molar-refractivity contribution in [2.45, 2.75) is 64.2 Å². The van der Waals surface area contributed by atoms with Crippen LogP contribution < -0.4 is 0 Å². The lowest BCUT2D eigenvalue weighted by Gasteiger charge is -2.43. The van der Waals surface area contributed by atoms with Crippen molar-refractivity contribution in [3.05, 3.63) is 12.7 Å². The highest BCUT2D eigenvalue weighted by molar-refractivity contribution is 5.01. The molecule has 0 unspecified atom stereocenters. The van der Waals surface area contributed by atoms with Crippen molar-refractivity contribution in [1.29, 1.82) is 0 Å². The highest BCUT2D eigenvalue weighted by Gasteiger charge is 2.37. The Balaban J connectivity index is 2.04. The van der Waals surface area contributed by atoms with E-state index in [0.717, 1.165) is 5.92 Å². The van der Waals surface area contributed by atoms with Crippen LogP contribution in [0.2, 0.25) is 0 Å². The fraction of sp³-hybridized carbons (Fsp3) is 0.857. The second-order valence-corrected chi connectivity index (χ2v) is 5.33. The minimum Gasteiger partial charge on any atom is -0.103 e. The molecule has 0 N–H and O–H groups in total. The lowest BCUT2D eigenvalue weighted by molar-refractivity contribution is 0.119. The first-order valence-electron chi connectivity index (χ1n) is 6.51. The molecule has 0 bridgehead atoms. The molecule has 0 aromatic rings. The molecule has 0 heterocycles. The summed E-state index contributed by atoms with van der Waals surface area (Å²) in [5.41, 5.74) is 0.554. The average molecular weight is 192 g/mol. The van der Waals surface area contributed by atoms with Crippen LogP contribution in [0.1, 0.15) is 64.2 Å². The van der Waals surface area contributed by atoms with Gasteiger partial charge in [0.25, 0.3) is 0 Å². The maximum Gasteiger partial charge on any atom is -0.00927 e. The highest BCUT2D eigenvalue weighted by Crippen LogP contribution is 2.48. The Bertz CT molecular complexity index is 180. The van der Waals surface area contributed by atoms with Crippen molar-refractivity contribution >= 4 is 0 Å².